The van der Waals surface area contributed by atoms with Crippen LogP contribution in [-0.2, 0) is 0 Å². The van der Waals surface area contributed by atoms with E-state index >= 15 is 0 Å². The lowest BCUT2D eigenvalue weighted by Crippen LogP contribution is -2.10. The van der Waals surface area contributed by atoms with Crippen molar-refractivity contribution in [1.29, 1.82) is 0 Å². The maximum Gasteiger partial charge on any atom is 0.0468 e. The Labute approximate surface area is 338 Å². The molecular weight excluding hydrogens is 701 g/mol. The first-order chi connectivity index (χ1) is 28.8. The van der Waals surface area contributed by atoms with Crippen molar-refractivity contribution in [3.8, 4) is 0 Å². The number of rotatable bonds is 8. The summed E-state index contributed by atoms with van der Waals surface area (Å²) in [6, 6.07) is 83.0. The Morgan fingerprint density at radius 2 is 0.483 bits per heavy atom. The van der Waals surface area contributed by atoms with Gasteiger partial charge in [-0.15, -0.1) is 0 Å². The standard InChI is InChI=1S/C56H40N2/c1-5-17-41(18-6-1)29-30-42-31-33-46(34-32-42)58(45-23-11-4-12-24-45)48-35-37-53-51-27-14-13-25-49(51)50-26-15-16-28-52(50)55-39-47(36-38-54(55)56(53)40-48)57(43-19-7-2-8-20-43)44-21-9-3-10-22-44/h1-40H. The topological polar surface area (TPSA) is 6.48 Å². The predicted octanol–water partition coefficient (Wildman–Crippen LogP) is 14.3. The van der Waals surface area contributed by atoms with Gasteiger partial charge in [-0.1, -0.05) is 170 Å². The molecule has 0 aliphatic heterocycles. The van der Waals surface area contributed by atoms with Gasteiger partial charge in [-0.05, 0) is 126 Å². The Bertz CT molecular complexity index is 3280. The third kappa shape index (κ3) is 6.67. The highest BCUT2D eigenvalue weighted by Crippen LogP contribution is 2.37. The second-order valence-electron chi connectivity index (χ2n) is 14.6. The summed E-state index contributed by atoms with van der Waals surface area (Å²) in [6.45, 7) is 0. The fraction of sp³-hybridized carbons (Fsp3) is 0. The van der Waals surface area contributed by atoms with E-state index in [1.807, 2.05) is 6.07 Å². The number of anilines is 6. The molecule has 0 saturated carbocycles. The maximum atomic E-state index is 2.39. The summed E-state index contributed by atoms with van der Waals surface area (Å²) in [7, 11) is 0. The van der Waals surface area contributed by atoms with E-state index in [1.54, 1.807) is 0 Å². The van der Waals surface area contributed by atoms with Crippen LogP contribution in [0.2, 0.25) is 0 Å². The van der Waals surface area contributed by atoms with Crippen LogP contribution in [0.25, 0.3) is 12.2 Å². The molecule has 0 saturated heterocycles. The molecule has 0 heterocycles. The normalized spacial score (nSPS) is 11.4. The monoisotopic (exact) mass is 740 g/mol. The first-order valence-electron chi connectivity index (χ1n) is 19.8. The SMILES string of the molecule is C(=Cc1ccc(N(c2ccccc2)c2ccc3c(c2)=c2ccc(N(c4ccccc4)c4ccccc4)cc2=c2ccccc2=c2ccccc2=3)cc1)c1ccccc1. The minimum Gasteiger partial charge on any atom is -0.310 e. The summed E-state index contributed by atoms with van der Waals surface area (Å²) >= 11 is 0. The Balaban J connectivity index is 1.25. The highest BCUT2D eigenvalue weighted by molar-refractivity contribution is 5.79. The number of hydrogen-bond acceptors (Lipinski definition) is 2. The van der Waals surface area contributed by atoms with Crippen molar-refractivity contribution in [2.75, 3.05) is 9.80 Å². The quantitative estimate of drug-likeness (QED) is 0.143. The van der Waals surface area contributed by atoms with Crippen molar-refractivity contribution in [2.24, 2.45) is 0 Å². The van der Waals surface area contributed by atoms with Gasteiger partial charge >= 0.3 is 0 Å². The molecule has 9 aromatic carbocycles. The molecule has 0 bridgehead atoms. The molecule has 0 N–H and O–H groups in total. The lowest BCUT2D eigenvalue weighted by molar-refractivity contribution is 1.23. The minimum absolute atomic E-state index is 1.09. The number of benzene rings is 9. The lowest BCUT2D eigenvalue weighted by atomic mass is 10.0. The Morgan fingerprint density at radius 3 is 0.897 bits per heavy atom. The third-order valence-corrected chi connectivity index (χ3v) is 11.0. The van der Waals surface area contributed by atoms with Gasteiger partial charge in [0.05, 0.1) is 0 Å². The molecule has 274 valence electrons. The van der Waals surface area contributed by atoms with Crippen molar-refractivity contribution < 1.29 is 0 Å². The summed E-state index contributed by atoms with van der Waals surface area (Å²) in [4.78, 5) is 4.72. The molecule has 0 fully saturated rings. The Hall–Kier alpha value is -7.68. The van der Waals surface area contributed by atoms with E-state index in [-0.39, 0.29) is 0 Å². The molecule has 58 heavy (non-hydrogen) atoms. The van der Waals surface area contributed by atoms with Gasteiger partial charge in [0.15, 0.2) is 0 Å². The molecule has 9 aromatic rings. The van der Waals surface area contributed by atoms with Crippen LogP contribution in [-0.4, -0.2) is 0 Å². The highest BCUT2D eigenvalue weighted by Gasteiger charge is 2.15. The van der Waals surface area contributed by atoms with Gasteiger partial charge < -0.3 is 9.80 Å². The number of hydrogen-bond donors (Lipinski definition) is 0. The van der Waals surface area contributed by atoms with Gasteiger partial charge in [-0.3, -0.25) is 0 Å². The predicted molar refractivity (Wildman–Crippen MR) is 241 cm³/mol. The Morgan fingerprint density at radius 1 is 0.207 bits per heavy atom. The van der Waals surface area contributed by atoms with Gasteiger partial charge in [0.2, 0.25) is 0 Å². The molecule has 0 aromatic heterocycles. The zero-order valence-corrected chi connectivity index (χ0v) is 32.0. The first-order valence-corrected chi connectivity index (χ1v) is 19.8. The van der Waals surface area contributed by atoms with E-state index in [9.17, 15) is 0 Å². The molecule has 0 spiro atoms. The third-order valence-electron chi connectivity index (χ3n) is 11.0. The molecule has 1 aliphatic carbocycles. The summed E-state index contributed by atoms with van der Waals surface area (Å²) in [6.07, 6.45) is 4.34. The first kappa shape index (κ1) is 34.8. The Kier molecular flexibility index (Phi) is 9.27. The second kappa shape index (κ2) is 15.5. The zero-order valence-electron chi connectivity index (χ0n) is 32.0. The average Bonchev–Trinajstić information content (AvgIpc) is 3.30. The van der Waals surface area contributed by atoms with Crippen molar-refractivity contribution in [3.05, 3.63) is 283 Å². The van der Waals surface area contributed by atoms with Gasteiger partial charge in [0, 0.05) is 34.1 Å². The zero-order chi connectivity index (χ0) is 38.7. The smallest absolute Gasteiger partial charge is 0.0468 e. The molecule has 0 unspecified atom stereocenters. The number of nitrogens with zero attached hydrogens (tertiary/aromatic N) is 2. The van der Waals surface area contributed by atoms with E-state index in [0.717, 1.165) is 39.7 Å². The van der Waals surface area contributed by atoms with Crippen LogP contribution in [0.5, 0.6) is 0 Å². The summed E-state index contributed by atoms with van der Waals surface area (Å²) < 4.78 is 0. The summed E-state index contributed by atoms with van der Waals surface area (Å²) in [5.74, 6) is 0. The maximum absolute atomic E-state index is 2.39. The second-order valence-corrected chi connectivity index (χ2v) is 14.6. The van der Waals surface area contributed by atoms with E-state index in [1.165, 1.54) is 47.3 Å². The minimum atomic E-state index is 1.09. The van der Waals surface area contributed by atoms with Gasteiger partial charge in [0.25, 0.3) is 0 Å². The fourth-order valence-electron chi connectivity index (χ4n) is 8.28. The summed E-state index contributed by atoms with van der Waals surface area (Å²) in [5.41, 5.74) is 8.95. The summed E-state index contributed by atoms with van der Waals surface area (Å²) in [5, 5.41) is 9.67. The number of para-hydroxylation sites is 3. The van der Waals surface area contributed by atoms with Gasteiger partial charge in [-0.2, -0.15) is 0 Å². The van der Waals surface area contributed by atoms with Crippen molar-refractivity contribution in [3.63, 3.8) is 0 Å². The van der Waals surface area contributed by atoms with E-state index in [0.29, 0.717) is 0 Å². The molecule has 10 rings (SSSR count). The van der Waals surface area contributed by atoms with Crippen LogP contribution >= 0.6 is 0 Å². The molecule has 0 atom stereocenters. The van der Waals surface area contributed by atoms with Crippen LogP contribution in [0.4, 0.5) is 34.1 Å². The van der Waals surface area contributed by atoms with Crippen LogP contribution in [0.1, 0.15) is 11.1 Å². The van der Waals surface area contributed by atoms with Crippen LogP contribution < -0.4 is 9.80 Å². The molecule has 0 amide bonds. The van der Waals surface area contributed by atoms with Crippen molar-refractivity contribution in [2.45, 2.75) is 0 Å². The molecule has 0 radical (unpaired) electrons. The average molecular weight is 741 g/mol. The van der Waals surface area contributed by atoms with Crippen LogP contribution in [0.15, 0.2) is 231 Å². The van der Waals surface area contributed by atoms with Crippen LogP contribution in [0.3, 0.4) is 0 Å². The van der Waals surface area contributed by atoms with E-state index in [4.69, 9.17) is 0 Å². The molecular formula is C56H40N2. The van der Waals surface area contributed by atoms with Crippen LogP contribution in [0, 0.1) is 41.7 Å². The molecule has 1 aliphatic rings. The largest absolute Gasteiger partial charge is 0.310 e. The number of fused-ring (bicyclic) bond motifs is 4. The molecule has 2 nitrogen and oxygen atoms in total. The van der Waals surface area contributed by atoms with E-state index in [2.05, 4.69) is 246 Å². The van der Waals surface area contributed by atoms with Crippen molar-refractivity contribution in [1.82, 2.24) is 0 Å². The molecule has 2 heteroatoms. The fourth-order valence-corrected chi connectivity index (χ4v) is 8.28. The lowest BCUT2D eigenvalue weighted by Gasteiger charge is -2.26. The van der Waals surface area contributed by atoms with E-state index < -0.39 is 0 Å². The van der Waals surface area contributed by atoms with Gasteiger partial charge in [0.1, 0.15) is 0 Å². The van der Waals surface area contributed by atoms with Gasteiger partial charge in [-0.25, -0.2) is 0 Å². The van der Waals surface area contributed by atoms with Crippen molar-refractivity contribution >= 4 is 46.3 Å². The highest BCUT2D eigenvalue weighted by atomic mass is 15.1.